The fourth-order valence-electron chi connectivity index (χ4n) is 3.00. The van der Waals surface area contributed by atoms with Crippen LogP contribution in [0.4, 0.5) is 0 Å². The van der Waals surface area contributed by atoms with Crippen LogP contribution in [-0.2, 0) is 0 Å². The molecule has 7 heteroatoms. The number of aromatic nitrogens is 5. The Kier molecular flexibility index (Phi) is 4.10. The smallest absolute Gasteiger partial charge is 0.325 e. The van der Waals surface area contributed by atoms with E-state index in [2.05, 4.69) is 20.1 Å². The van der Waals surface area contributed by atoms with Crippen molar-refractivity contribution in [1.29, 1.82) is 0 Å². The second-order valence-electron chi connectivity index (χ2n) is 6.36. The maximum Gasteiger partial charge on any atom is 0.325 e. The average Bonchev–Trinajstić information content (AvgIpc) is 3.25. The van der Waals surface area contributed by atoms with Gasteiger partial charge in [0.15, 0.2) is 0 Å². The van der Waals surface area contributed by atoms with Gasteiger partial charge < -0.3 is 9.84 Å². The molecule has 3 aromatic heterocycles. The van der Waals surface area contributed by atoms with Gasteiger partial charge in [0.1, 0.15) is 5.75 Å². The van der Waals surface area contributed by atoms with Gasteiger partial charge in [0, 0.05) is 18.0 Å². The van der Waals surface area contributed by atoms with E-state index in [0.29, 0.717) is 16.7 Å². The molecule has 0 aliphatic carbocycles. The van der Waals surface area contributed by atoms with Gasteiger partial charge in [-0.25, -0.2) is 4.68 Å². The van der Waals surface area contributed by atoms with Crippen molar-refractivity contribution in [3.63, 3.8) is 0 Å². The molecular formula is C22H15N5O2. The van der Waals surface area contributed by atoms with Crippen molar-refractivity contribution < 1.29 is 9.84 Å². The predicted molar refractivity (Wildman–Crippen MR) is 108 cm³/mol. The molecule has 1 N–H and O–H groups in total. The number of hydrogen-bond donors (Lipinski definition) is 1. The minimum Gasteiger partial charge on any atom is -0.493 e. The molecule has 0 bridgehead atoms. The predicted octanol–water partition coefficient (Wildman–Crippen LogP) is 4.38. The van der Waals surface area contributed by atoms with Gasteiger partial charge in [-0.3, -0.25) is 4.98 Å². The third-order valence-electron chi connectivity index (χ3n) is 4.46. The highest BCUT2D eigenvalue weighted by Gasteiger charge is 2.09. The maximum atomic E-state index is 10.1. The lowest BCUT2D eigenvalue weighted by molar-refractivity contribution is 0.412. The quantitative estimate of drug-likeness (QED) is 0.497. The molecule has 0 aliphatic rings. The van der Waals surface area contributed by atoms with Gasteiger partial charge in [-0.15, -0.1) is 0 Å². The number of hydrogen-bond acceptors (Lipinski definition) is 6. The first-order valence-electron chi connectivity index (χ1n) is 8.95. The summed E-state index contributed by atoms with van der Waals surface area (Å²) >= 11 is 0. The first-order chi connectivity index (χ1) is 14.3. The van der Waals surface area contributed by atoms with E-state index in [0.717, 1.165) is 16.8 Å². The van der Waals surface area contributed by atoms with Crippen LogP contribution in [0.1, 0.15) is 0 Å². The Balaban J connectivity index is 1.38. The van der Waals surface area contributed by atoms with E-state index in [-0.39, 0.29) is 11.9 Å². The van der Waals surface area contributed by atoms with Crippen LogP contribution < -0.4 is 4.74 Å². The number of rotatable bonds is 4. The van der Waals surface area contributed by atoms with Gasteiger partial charge in [-0.2, -0.15) is 15.1 Å². The normalized spacial score (nSPS) is 10.9. The number of para-hydroxylation sites is 1. The molecule has 0 saturated carbocycles. The van der Waals surface area contributed by atoms with E-state index in [1.807, 2.05) is 71.7 Å². The summed E-state index contributed by atoms with van der Waals surface area (Å²) in [6.07, 6.45) is 6.92. The number of nitrogens with zero attached hydrogens (tertiary/aromatic N) is 5. The molecule has 5 aromatic rings. The molecule has 140 valence electrons. The van der Waals surface area contributed by atoms with Crippen molar-refractivity contribution in [3.05, 3.63) is 85.5 Å². The van der Waals surface area contributed by atoms with Crippen molar-refractivity contribution in [2.24, 2.45) is 0 Å². The highest BCUT2D eigenvalue weighted by Crippen LogP contribution is 2.27. The molecule has 0 atom stereocenters. The Morgan fingerprint density at radius 1 is 0.828 bits per heavy atom. The number of fused-ring (bicyclic) bond motifs is 1. The zero-order valence-electron chi connectivity index (χ0n) is 15.2. The Morgan fingerprint density at radius 2 is 1.66 bits per heavy atom. The summed E-state index contributed by atoms with van der Waals surface area (Å²) in [5.74, 6) is 0.421. The molecule has 2 aromatic carbocycles. The lowest BCUT2D eigenvalue weighted by Crippen LogP contribution is -1.93. The SMILES string of the molecule is Oc1nc(Oc2ccc(-c3cnn(-c4ccccc4)c3)cc2)nc2cnccc12. The lowest BCUT2D eigenvalue weighted by atomic mass is 10.1. The standard InChI is InChI=1S/C22H15N5O2/c28-21-19-10-11-23-13-20(19)25-22(26-21)29-18-8-6-15(7-9-18)16-12-24-27(14-16)17-4-2-1-3-5-17/h1-14H,(H,25,26,28). The van der Waals surface area contributed by atoms with E-state index in [4.69, 9.17) is 4.74 Å². The summed E-state index contributed by atoms with van der Waals surface area (Å²) in [6.45, 7) is 0. The second-order valence-corrected chi connectivity index (χ2v) is 6.36. The van der Waals surface area contributed by atoms with Crippen molar-refractivity contribution >= 4 is 10.9 Å². The van der Waals surface area contributed by atoms with Gasteiger partial charge in [0.05, 0.1) is 29.0 Å². The molecule has 29 heavy (non-hydrogen) atoms. The Labute approximate surface area is 165 Å². The lowest BCUT2D eigenvalue weighted by Gasteiger charge is -2.06. The largest absolute Gasteiger partial charge is 0.493 e. The monoisotopic (exact) mass is 381 g/mol. The highest BCUT2D eigenvalue weighted by atomic mass is 16.5. The summed E-state index contributed by atoms with van der Waals surface area (Å²) < 4.78 is 7.53. The third kappa shape index (κ3) is 3.37. The molecule has 0 spiro atoms. The van der Waals surface area contributed by atoms with E-state index in [1.165, 1.54) is 0 Å². The summed E-state index contributed by atoms with van der Waals surface area (Å²) in [4.78, 5) is 12.3. The molecule has 0 fully saturated rings. The number of benzene rings is 2. The first kappa shape index (κ1) is 16.9. The topological polar surface area (TPSA) is 86.0 Å². The molecule has 7 nitrogen and oxygen atoms in total. The van der Waals surface area contributed by atoms with E-state index < -0.39 is 0 Å². The van der Waals surface area contributed by atoms with Gasteiger partial charge in [0.2, 0.25) is 5.88 Å². The molecule has 0 saturated heterocycles. The fourth-order valence-corrected chi connectivity index (χ4v) is 3.00. The summed E-state index contributed by atoms with van der Waals surface area (Å²) in [6, 6.07) is 19.2. The fraction of sp³-hybridized carbons (Fsp3) is 0. The van der Waals surface area contributed by atoms with Crippen molar-refractivity contribution in [2.75, 3.05) is 0 Å². The van der Waals surface area contributed by atoms with Crippen LogP contribution in [0.15, 0.2) is 85.5 Å². The van der Waals surface area contributed by atoms with Gasteiger partial charge in [-0.1, -0.05) is 30.3 Å². The highest BCUT2D eigenvalue weighted by molar-refractivity contribution is 5.82. The van der Waals surface area contributed by atoms with E-state index in [1.54, 1.807) is 18.5 Å². The van der Waals surface area contributed by atoms with Crippen molar-refractivity contribution in [2.45, 2.75) is 0 Å². The Morgan fingerprint density at radius 3 is 2.48 bits per heavy atom. The van der Waals surface area contributed by atoms with Crippen LogP contribution in [0.25, 0.3) is 27.7 Å². The van der Waals surface area contributed by atoms with Gasteiger partial charge in [-0.05, 0) is 35.9 Å². The Hall–Kier alpha value is -4.26. The number of pyridine rings is 1. The molecular weight excluding hydrogens is 366 g/mol. The molecule has 0 radical (unpaired) electrons. The van der Waals surface area contributed by atoms with Gasteiger partial charge in [0.25, 0.3) is 0 Å². The molecule has 3 heterocycles. The molecule has 0 aliphatic heterocycles. The zero-order chi connectivity index (χ0) is 19.6. The van der Waals surface area contributed by atoms with Crippen molar-refractivity contribution in [1.82, 2.24) is 24.7 Å². The summed E-state index contributed by atoms with van der Waals surface area (Å²) in [5, 5.41) is 15.0. The van der Waals surface area contributed by atoms with E-state index in [9.17, 15) is 5.11 Å². The minimum atomic E-state index is -0.141. The number of aromatic hydroxyl groups is 1. The van der Waals surface area contributed by atoms with Crippen molar-refractivity contribution in [3.8, 4) is 34.5 Å². The molecule has 0 amide bonds. The molecule has 0 unspecified atom stereocenters. The third-order valence-corrected chi connectivity index (χ3v) is 4.46. The summed E-state index contributed by atoms with van der Waals surface area (Å²) in [7, 11) is 0. The maximum absolute atomic E-state index is 10.1. The van der Waals surface area contributed by atoms with Crippen LogP contribution >= 0.6 is 0 Å². The Bertz CT molecular complexity index is 1280. The van der Waals surface area contributed by atoms with E-state index >= 15 is 0 Å². The second kappa shape index (κ2) is 7.05. The van der Waals surface area contributed by atoms with Crippen LogP contribution in [0.2, 0.25) is 0 Å². The van der Waals surface area contributed by atoms with Crippen LogP contribution in [-0.4, -0.2) is 29.8 Å². The zero-order valence-corrected chi connectivity index (χ0v) is 15.2. The molecule has 5 rings (SSSR count). The van der Waals surface area contributed by atoms with Gasteiger partial charge >= 0.3 is 6.01 Å². The first-order valence-corrected chi connectivity index (χ1v) is 8.95. The number of ether oxygens (including phenoxy) is 1. The van der Waals surface area contributed by atoms with Crippen LogP contribution in [0, 0.1) is 0 Å². The minimum absolute atomic E-state index is 0.0626. The summed E-state index contributed by atoms with van der Waals surface area (Å²) in [5.41, 5.74) is 3.51. The average molecular weight is 381 g/mol. The van der Waals surface area contributed by atoms with Crippen LogP contribution in [0.5, 0.6) is 17.6 Å². The van der Waals surface area contributed by atoms with Crippen LogP contribution in [0.3, 0.4) is 0 Å².